The summed E-state index contributed by atoms with van der Waals surface area (Å²) in [5.74, 6) is 1.75. The number of ether oxygens (including phenoxy) is 1. The van der Waals surface area contributed by atoms with Gasteiger partial charge in [-0.15, -0.1) is 0 Å². The molecule has 0 aromatic heterocycles. The first-order valence-corrected chi connectivity index (χ1v) is 19.7. The summed E-state index contributed by atoms with van der Waals surface area (Å²) >= 11 is 0. The molecule has 10 aromatic rings. The van der Waals surface area contributed by atoms with Crippen LogP contribution in [0.25, 0.3) is 54.6 Å². The van der Waals surface area contributed by atoms with E-state index in [-0.39, 0.29) is 0 Å². The number of anilines is 3. The van der Waals surface area contributed by atoms with Crippen LogP contribution < -0.4 is 9.64 Å². The monoisotopic (exact) mass is 725 g/mol. The molecule has 12 rings (SSSR count). The average Bonchev–Trinajstić information content (AvgIpc) is 3.28. The van der Waals surface area contributed by atoms with Crippen LogP contribution in [0.5, 0.6) is 11.5 Å². The highest BCUT2D eigenvalue weighted by Gasteiger charge is 2.49. The van der Waals surface area contributed by atoms with Gasteiger partial charge in [0.05, 0.1) is 16.8 Å². The highest BCUT2D eigenvalue weighted by Crippen LogP contribution is 2.62. The molecule has 2 nitrogen and oxygen atoms in total. The summed E-state index contributed by atoms with van der Waals surface area (Å²) in [6.45, 7) is 0. The Balaban J connectivity index is 1.19. The van der Waals surface area contributed by atoms with Gasteiger partial charge in [-0.3, -0.25) is 0 Å². The van der Waals surface area contributed by atoms with Crippen molar-refractivity contribution in [1.29, 1.82) is 0 Å². The zero-order valence-electron chi connectivity index (χ0n) is 31.1. The van der Waals surface area contributed by atoms with Crippen LogP contribution in [-0.4, -0.2) is 0 Å². The van der Waals surface area contributed by atoms with Crippen LogP contribution in [-0.2, 0) is 5.41 Å². The minimum atomic E-state index is -0.645. The molecule has 2 heteroatoms. The lowest BCUT2D eigenvalue weighted by Crippen LogP contribution is -2.36. The molecule has 0 N–H and O–H groups in total. The largest absolute Gasteiger partial charge is 0.457 e. The van der Waals surface area contributed by atoms with Crippen molar-refractivity contribution in [2.45, 2.75) is 5.41 Å². The second-order valence-corrected chi connectivity index (χ2v) is 15.2. The predicted molar refractivity (Wildman–Crippen MR) is 236 cm³/mol. The lowest BCUT2D eigenvalue weighted by Gasteiger charge is -2.45. The predicted octanol–water partition coefficient (Wildman–Crippen LogP) is 14.8. The summed E-state index contributed by atoms with van der Waals surface area (Å²) in [7, 11) is 0. The lowest BCUT2D eigenvalue weighted by atomic mass is 9.58. The van der Waals surface area contributed by atoms with E-state index in [0.29, 0.717) is 0 Å². The fraction of sp³-hybridized carbons (Fsp3) is 0.0182. The molecule has 0 fully saturated rings. The van der Waals surface area contributed by atoms with E-state index in [1.54, 1.807) is 0 Å². The Hall–Kier alpha value is -7.42. The maximum atomic E-state index is 6.94. The van der Waals surface area contributed by atoms with E-state index in [9.17, 15) is 0 Å². The van der Waals surface area contributed by atoms with Gasteiger partial charge in [-0.25, -0.2) is 0 Å². The van der Waals surface area contributed by atoms with Crippen molar-refractivity contribution in [3.8, 4) is 33.8 Å². The van der Waals surface area contributed by atoms with Crippen LogP contribution in [0, 0.1) is 0 Å². The second-order valence-electron chi connectivity index (χ2n) is 15.2. The topological polar surface area (TPSA) is 12.5 Å². The Bertz CT molecular complexity index is 3230. The molecule has 1 spiro atoms. The zero-order chi connectivity index (χ0) is 37.5. The van der Waals surface area contributed by atoms with Crippen molar-refractivity contribution in [3.63, 3.8) is 0 Å². The van der Waals surface area contributed by atoms with Crippen molar-refractivity contribution in [1.82, 2.24) is 0 Å². The van der Waals surface area contributed by atoms with E-state index in [0.717, 1.165) is 39.7 Å². The fourth-order valence-electron chi connectivity index (χ4n) is 9.99. The minimum absolute atomic E-state index is 0.645. The molecule has 2 aliphatic rings. The molecule has 57 heavy (non-hydrogen) atoms. The van der Waals surface area contributed by atoms with Gasteiger partial charge in [0.1, 0.15) is 11.5 Å². The molecule has 0 saturated heterocycles. The Morgan fingerprint density at radius 1 is 0.351 bits per heavy atom. The van der Waals surface area contributed by atoms with Gasteiger partial charge in [0, 0.05) is 27.6 Å². The number of rotatable bonds is 4. The third-order valence-electron chi connectivity index (χ3n) is 12.3. The summed E-state index contributed by atoms with van der Waals surface area (Å²) in [5, 5.41) is 7.31. The Morgan fingerprint density at radius 3 is 1.84 bits per heavy atom. The van der Waals surface area contributed by atoms with Gasteiger partial charge in [0.15, 0.2) is 0 Å². The molecular weight excluding hydrogens is 691 g/mol. The molecule has 266 valence electrons. The lowest BCUT2D eigenvalue weighted by molar-refractivity contribution is 0.435. The minimum Gasteiger partial charge on any atom is -0.457 e. The molecule has 1 atom stereocenters. The van der Waals surface area contributed by atoms with Crippen LogP contribution in [0.3, 0.4) is 0 Å². The van der Waals surface area contributed by atoms with E-state index in [1.165, 1.54) is 65.7 Å². The molecule has 1 aliphatic heterocycles. The third-order valence-corrected chi connectivity index (χ3v) is 12.3. The summed E-state index contributed by atoms with van der Waals surface area (Å²) in [5.41, 5.74) is 12.4. The molecule has 0 amide bonds. The summed E-state index contributed by atoms with van der Waals surface area (Å²) in [6, 6.07) is 77.5. The molecule has 0 radical (unpaired) electrons. The van der Waals surface area contributed by atoms with Gasteiger partial charge in [0.2, 0.25) is 0 Å². The number of nitrogens with zero attached hydrogens (tertiary/aromatic N) is 1. The SMILES string of the molecule is c1ccc(-c2cccc3c(N(c4ccc5c(c4)C4(c6ccccc6O5)c5ccccc5-c5cccc6cccc4c56)c4cccc5ccccc45)cccc23)cc1. The van der Waals surface area contributed by atoms with Crippen LogP contribution in [0.4, 0.5) is 17.1 Å². The number of fused-ring (bicyclic) bond motifs is 10. The van der Waals surface area contributed by atoms with E-state index < -0.39 is 5.41 Å². The molecular formula is C55H35NO. The second kappa shape index (κ2) is 12.3. The smallest absolute Gasteiger partial charge is 0.132 e. The first-order chi connectivity index (χ1) is 28.3. The third kappa shape index (κ3) is 4.53. The fourth-order valence-corrected chi connectivity index (χ4v) is 9.99. The standard InChI is InChI=1S/C55H35NO/c1-2-15-36(16-3-1)40-23-13-25-44-42(40)24-14-31-51(44)56(50-30-12-18-37-17-4-5-21-41(37)50)39-33-34-53-49(35-39)55(47-28-8-9-32-52(47)57-53)46-27-7-6-22-43(46)45-26-10-19-38-20-11-29-48(55)54(38)45/h1-35H. The molecule has 0 saturated carbocycles. The highest BCUT2D eigenvalue weighted by atomic mass is 16.5. The van der Waals surface area contributed by atoms with Gasteiger partial charge in [0.25, 0.3) is 0 Å². The van der Waals surface area contributed by atoms with Crippen molar-refractivity contribution in [2.75, 3.05) is 4.90 Å². The number of benzene rings is 10. The quantitative estimate of drug-likeness (QED) is 0.179. The maximum absolute atomic E-state index is 6.94. The first kappa shape index (κ1) is 31.9. The Labute approximate surface area is 331 Å². The molecule has 1 aliphatic carbocycles. The summed E-state index contributed by atoms with van der Waals surface area (Å²) < 4.78 is 6.94. The van der Waals surface area contributed by atoms with Gasteiger partial charge in [-0.1, -0.05) is 176 Å². The van der Waals surface area contributed by atoms with E-state index >= 15 is 0 Å². The maximum Gasteiger partial charge on any atom is 0.132 e. The number of hydrogen-bond acceptors (Lipinski definition) is 2. The summed E-state index contributed by atoms with van der Waals surface area (Å²) in [4.78, 5) is 2.47. The van der Waals surface area contributed by atoms with Crippen LogP contribution in [0.1, 0.15) is 22.3 Å². The van der Waals surface area contributed by atoms with Gasteiger partial charge < -0.3 is 9.64 Å². The summed E-state index contributed by atoms with van der Waals surface area (Å²) in [6.07, 6.45) is 0. The molecule has 1 heterocycles. The molecule has 0 bridgehead atoms. The van der Waals surface area contributed by atoms with Crippen LogP contribution in [0.15, 0.2) is 212 Å². The van der Waals surface area contributed by atoms with Crippen molar-refractivity contribution in [3.05, 3.63) is 235 Å². The van der Waals surface area contributed by atoms with E-state index in [2.05, 4.69) is 217 Å². The van der Waals surface area contributed by atoms with Gasteiger partial charge in [-0.05, 0) is 91.3 Å². The Morgan fingerprint density at radius 2 is 0.930 bits per heavy atom. The number of hydrogen-bond donors (Lipinski definition) is 0. The van der Waals surface area contributed by atoms with Crippen molar-refractivity contribution < 1.29 is 4.74 Å². The van der Waals surface area contributed by atoms with Gasteiger partial charge >= 0.3 is 0 Å². The van der Waals surface area contributed by atoms with Crippen LogP contribution in [0.2, 0.25) is 0 Å². The molecule has 1 unspecified atom stereocenters. The average molecular weight is 726 g/mol. The van der Waals surface area contributed by atoms with Crippen molar-refractivity contribution in [2.24, 2.45) is 0 Å². The van der Waals surface area contributed by atoms with E-state index in [1.807, 2.05) is 0 Å². The Kier molecular flexibility index (Phi) is 6.88. The number of para-hydroxylation sites is 1. The molecule has 10 aromatic carbocycles. The highest BCUT2D eigenvalue weighted by molar-refractivity contribution is 6.09. The normalized spacial score (nSPS) is 14.9. The van der Waals surface area contributed by atoms with Gasteiger partial charge in [-0.2, -0.15) is 0 Å². The zero-order valence-corrected chi connectivity index (χ0v) is 31.1. The van der Waals surface area contributed by atoms with E-state index in [4.69, 9.17) is 4.74 Å². The van der Waals surface area contributed by atoms with Crippen molar-refractivity contribution >= 4 is 49.4 Å². The first-order valence-electron chi connectivity index (χ1n) is 19.7. The van der Waals surface area contributed by atoms with Crippen LogP contribution >= 0.6 is 0 Å².